The van der Waals surface area contributed by atoms with Gasteiger partial charge in [0.05, 0.1) is 5.69 Å². The molecule has 0 unspecified atom stereocenters. The fourth-order valence-electron chi connectivity index (χ4n) is 2.01. The van der Waals surface area contributed by atoms with Gasteiger partial charge in [0, 0.05) is 12.7 Å². The minimum Gasteiger partial charge on any atom is -0.370 e. The van der Waals surface area contributed by atoms with Crippen molar-refractivity contribution >= 4 is 17.5 Å². The maximum Gasteiger partial charge on any atom is 0.229 e. The largest absolute Gasteiger partial charge is 0.370 e. The zero-order valence-electron chi connectivity index (χ0n) is 13.3. The van der Waals surface area contributed by atoms with Crippen LogP contribution in [0.1, 0.15) is 12.8 Å². The summed E-state index contributed by atoms with van der Waals surface area (Å²) in [7, 11) is 4.09. The Hall–Kier alpha value is -2.28. The third-order valence-corrected chi connectivity index (χ3v) is 3.19. The van der Waals surface area contributed by atoms with E-state index in [4.69, 9.17) is 0 Å². The molecule has 0 aliphatic rings. The fourth-order valence-corrected chi connectivity index (χ4v) is 2.01. The minimum atomic E-state index is -0.946. The van der Waals surface area contributed by atoms with Crippen molar-refractivity contribution in [3.8, 4) is 0 Å². The summed E-state index contributed by atoms with van der Waals surface area (Å²) in [6.45, 7) is 1.83. The number of unbranched alkanes of at least 4 members (excludes halogenated alkanes) is 1. The second-order valence-corrected chi connectivity index (χ2v) is 5.43. The average Bonchev–Trinajstić information content (AvgIpc) is 2.52. The van der Waals surface area contributed by atoms with E-state index in [1.54, 1.807) is 12.3 Å². The van der Waals surface area contributed by atoms with E-state index in [0.717, 1.165) is 32.0 Å². The molecule has 0 saturated heterocycles. The Labute approximate surface area is 134 Å². The molecule has 1 aromatic heterocycles. The lowest BCUT2D eigenvalue weighted by Crippen LogP contribution is -2.14. The lowest BCUT2D eigenvalue weighted by atomic mass is 10.3. The summed E-state index contributed by atoms with van der Waals surface area (Å²) in [4.78, 5) is 10.4. The number of benzene rings is 1. The van der Waals surface area contributed by atoms with Crippen LogP contribution < -0.4 is 10.6 Å². The molecule has 0 saturated carbocycles. The van der Waals surface area contributed by atoms with E-state index in [9.17, 15) is 8.78 Å². The topological polar surface area (TPSA) is 53.1 Å². The molecule has 0 spiro atoms. The van der Waals surface area contributed by atoms with E-state index in [-0.39, 0.29) is 11.6 Å². The molecule has 0 fully saturated rings. The number of halogens is 2. The normalized spacial score (nSPS) is 10.8. The highest BCUT2D eigenvalue weighted by molar-refractivity contribution is 5.55. The molecule has 0 amide bonds. The summed E-state index contributed by atoms with van der Waals surface area (Å²) in [5, 5.41) is 5.88. The van der Waals surface area contributed by atoms with Gasteiger partial charge in [-0.05, 0) is 51.7 Å². The predicted molar refractivity (Wildman–Crippen MR) is 88.0 cm³/mol. The lowest BCUT2D eigenvalue weighted by Gasteiger charge is -2.10. The Morgan fingerprint density at radius 3 is 2.74 bits per heavy atom. The van der Waals surface area contributed by atoms with Gasteiger partial charge in [0.1, 0.15) is 5.82 Å². The molecule has 23 heavy (non-hydrogen) atoms. The lowest BCUT2D eigenvalue weighted by molar-refractivity contribution is 0.396. The van der Waals surface area contributed by atoms with Gasteiger partial charge < -0.3 is 15.5 Å². The van der Waals surface area contributed by atoms with Crippen molar-refractivity contribution in [1.82, 2.24) is 14.9 Å². The molecule has 2 N–H and O–H groups in total. The molecular weight excluding hydrogens is 300 g/mol. The van der Waals surface area contributed by atoms with E-state index >= 15 is 0 Å². The Kier molecular flexibility index (Phi) is 6.22. The van der Waals surface area contributed by atoms with Crippen LogP contribution in [0.15, 0.2) is 30.5 Å². The molecule has 7 heteroatoms. The van der Waals surface area contributed by atoms with Gasteiger partial charge in [0.2, 0.25) is 5.95 Å². The van der Waals surface area contributed by atoms with Crippen molar-refractivity contribution < 1.29 is 8.78 Å². The molecule has 124 valence electrons. The number of hydrogen-bond acceptors (Lipinski definition) is 5. The van der Waals surface area contributed by atoms with Gasteiger partial charge in [-0.3, -0.25) is 0 Å². The summed E-state index contributed by atoms with van der Waals surface area (Å²) >= 11 is 0. The van der Waals surface area contributed by atoms with Crippen LogP contribution >= 0.6 is 0 Å². The van der Waals surface area contributed by atoms with E-state index in [0.29, 0.717) is 5.82 Å². The first-order valence-electron chi connectivity index (χ1n) is 7.49. The first-order valence-corrected chi connectivity index (χ1v) is 7.49. The quantitative estimate of drug-likeness (QED) is 0.731. The molecule has 1 aromatic carbocycles. The maximum absolute atomic E-state index is 13.6. The number of anilines is 3. The molecular formula is C16H21F2N5. The molecule has 0 radical (unpaired) electrons. The highest BCUT2D eigenvalue weighted by Gasteiger charge is 2.09. The molecule has 1 heterocycles. The molecule has 2 rings (SSSR count). The van der Waals surface area contributed by atoms with Crippen molar-refractivity contribution in [2.45, 2.75) is 12.8 Å². The number of nitrogens with zero attached hydrogens (tertiary/aromatic N) is 3. The SMILES string of the molecule is CN(C)CCCCNc1ccnc(Nc2cccc(F)c2F)n1. The number of nitrogens with one attached hydrogen (secondary N) is 2. The van der Waals surface area contributed by atoms with Crippen molar-refractivity contribution in [1.29, 1.82) is 0 Å². The minimum absolute atomic E-state index is 0.00753. The third-order valence-electron chi connectivity index (χ3n) is 3.19. The first-order chi connectivity index (χ1) is 11.1. The first kappa shape index (κ1) is 17.1. The van der Waals surface area contributed by atoms with E-state index in [2.05, 4.69) is 25.5 Å². The Bertz CT molecular complexity index is 634. The fraction of sp³-hybridized carbons (Fsp3) is 0.375. The van der Waals surface area contributed by atoms with Gasteiger partial charge in [-0.15, -0.1) is 0 Å². The van der Waals surface area contributed by atoms with E-state index in [1.165, 1.54) is 12.1 Å². The molecule has 2 aromatic rings. The van der Waals surface area contributed by atoms with Crippen molar-refractivity contribution in [3.63, 3.8) is 0 Å². The van der Waals surface area contributed by atoms with Gasteiger partial charge in [-0.2, -0.15) is 4.98 Å². The van der Waals surface area contributed by atoms with Crippen LogP contribution in [0.3, 0.4) is 0 Å². The Morgan fingerprint density at radius 1 is 1.13 bits per heavy atom. The van der Waals surface area contributed by atoms with E-state index < -0.39 is 11.6 Å². The summed E-state index contributed by atoms with van der Waals surface area (Å²) in [6, 6.07) is 5.66. The summed E-state index contributed by atoms with van der Waals surface area (Å²) < 4.78 is 26.8. The van der Waals surface area contributed by atoms with E-state index in [1.807, 2.05) is 14.1 Å². The van der Waals surface area contributed by atoms with Crippen LogP contribution in [0.25, 0.3) is 0 Å². The predicted octanol–water partition coefficient (Wildman–Crippen LogP) is 3.25. The second kappa shape index (κ2) is 8.38. The second-order valence-electron chi connectivity index (χ2n) is 5.43. The van der Waals surface area contributed by atoms with Gasteiger partial charge >= 0.3 is 0 Å². The Balaban J connectivity index is 1.91. The van der Waals surface area contributed by atoms with Crippen molar-refractivity contribution in [2.24, 2.45) is 0 Å². The number of rotatable bonds is 8. The number of aromatic nitrogens is 2. The third kappa shape index (κ3) is 5.45. The summed E-state index contributed by atoms with van der Waals surface area (Å²) in [5.41, 5.74) is 0.00753. The molecule has 0 atom stereocenters. The highest BCUT2D eigenvalue weighted by Crippen LogP contribution is 2.20. The van der Waals surface area contributed by atoms with Gasteiger partial charge in [-0.1, -0.05) is 6.07 Å². The Morgan fingerprint density at radius 2 is 1.96 bits per heavy atom. The smallest absolute Gasteiger partial charge is 0.229 e. The zero-order valence-corrected chi connectivity index (χ0v) is 13.3. The molecule has 5 nitrogen and oxygen atoms in total. The van der Waals surface area contributed by atoms with Crippen LogP contribution in [0.5, 0.6) is 0 Å². The van der Waals surface area contributed by atoms with Crippen LogP contribution in [-0.2, 0) is 0 Å². The molecule has 0 aliphatic heterocycles. The monoisotopic (exact) mass is 321 g/mol. The van der Waals surface area contributed by atoms with Gasteiger partial charge in [0.15, 0.2) is 11.6 Å². The van der Waals surface area contributed by atoms with Crippen LogP contribution in [0, 0.1) is 11.6 Å². The van der Waals surface area contributed by atoms with Crippen LogP contribution in [0.2, 0.25) is 0 Å². The zero-order chi connectivity index (χ0) is 16.7. The average molecular weight is 321 g/mol. The standard InChI is InChI=1S/C16H21F2N5/c1-23(2)11-4-3-9-19-14-8-10-20-16(22-14)21-13-7-5-6-12(17)15(13)18/h5-8,10H,3-4,9,11H2,1-2H3,(H2,19,20,21,22). The van der Waals surface area contributed by atoms with Crippen LogP contribution in [0.4, 0.5) is 26.2 Å². The summed E-state index contributed by atoms with van der Waals surface area (Å²) in [5.74, 6) is -1.000. The van der Waals surface area contributed by atoms with Crippen molar-refractivity contribution in [3.05, 3.63) is 42.1 Å². The summed E-state index contributed by atoms with van der Waals surface area (Å²) in [6.07, 6.45) is 3.67. The van der Waals surface area contributed by atoms with Gasteiger partial charge in [0.25, 0.3) is 0 Å². The van der Waals surface area contributed by atoms with Crippen LogP contribution in [-0.4, -0.2) is 42.1 Å². The highest BCUT2D eigenvalue weighted by atomic mass is 19.2. The number of hydrogen-bond donors (Lipinski definition) is 2. The van der Waals surface area contributed by atoms with Gasteiger partial charge in [-0.25, -0.2) is 13.8 Å². The molecule has 0 aliphatic carbocycles. The maximum atomic E-state index is 13.6. The molecule has 0 bridgehead atoms. The van der Waals surface area contributed by atoms with Crippen molar-refractivity contribution in [2.75, 3.05) is 37.8 Å².